The van der Waals surface area contributed by atoms with Crippen LogP contribution >= 0.6 is 0 Å². The first-order chi connectivity index (χ1) is 9.63. The van der Waals surface area contributed by atoms with E-state index in [1.807, 2.05) is 0 Å². The number of rotatable bonds is 8. The van der Waals surface area contributed by atoms with E-state index >= 15 is 0 Å². The van der Waals surface area contributed by atoms with Crippen LogP contribution in [0.2, 0.25) is 0 Å². The van der Waals surface area contributed by atoms with Crippen LogP contribution < -0.4 is 10.1 Å². The van der Waals surface area contributed by atoms with Crippen molar-refractivity contribution in [2.45, 2.75) is 19.5 Å². The third-order valence-electron chi connectivity index (χ3n) is 2.38. The molecule has 1 aromatic carbocycles. The SMILES string of the molecule is [N-]=[N+]=NCCCCNC(=O)c1ccc(OC(F)F)cc1. The molecule has 0 atom stereocenters. The summed E-state index contributed by atoms with van der Waals surface area (Å²) in [6.45, 7) is -2.04. The fourth-order valence-electron chi connectivity index (χ4n) is 1.44. The largest absolute Gasteiger partial charge is 0.435 e. The molecule has 0 aliphatic carbocycles. The first kappa shape index (κ1) is 15.7. The highest BCUT2D eigenvalue weighted by Gasteiger charge is 2.07. The van der Waals surface area contributed by atoms with E-state index in [1.54, 1.807) is 0 Å². The number of carbonyl (C=O) groups is 1. The second kappa shape index (κ2) is 8.71. The lowest BCUT2D eigenvalue weighted by molar-refractivity contribution is -0.0498. The summed E-state index contributed by atoms with van der Waals surface area (Å²) in [5.41, 5.74) is 8.43. The number of hydrogen-bond acceptors (Lipinski definition) is 3. The first-order valence-corrected chi connectivity index (χ1v) is 5.97. The van der Waals surface area contributed by atoms with Gasteiger partial charge in [-0.25, -0.2) is 0 Å². The zero-order valence-electron chi connectivity index (χ0n) is 10.6. The van der Waals surface area contributed by atoms with Gasteiger partial charge in [0.25, 0.3) is 5.91 Å². The molecule has 0 unspecified atom stereocenters. The lowest BCUT2D eigenvalue weighted by Crippen LogP contribution is -2.24. The van der Waals surface area contributed by atoms with Gasteiger partial charge < -0.3 is 10.1 Å². The Bertz CT molecular complexity index is 473. The van der Waals surface area contributed by atoms with Gasteiger partial charge in [0, 0.05) is 23.6 Å². The lowest BCUT2D eigenvalue weighted by atomic mass is 10.2. The Balaban J connectivity index is 2.34. The zero-order valence-corrected chi connectivity index (χ0v) is 10.6. The number of amides is 1. The molecule has 0 fully saturated rings. The van der Waals surface area contributed by atoms with E-state index in [0.29, 0.717) is 31.5 Å². The van der Waals surface area contributed by atoms with E-state index in [9.17, 15) is 13.6 Å². The molecule has 0 saturated heterocycles. The molecular weight excluding hydrogens is 270 g/mol. The van der Waals surface area contributed by atoms with Gasteiger partial charge in [-0.1, -0.05) is 5.11 Å². The molecular formula is C12H14F2N4O2. The highest BCUT2D eigenvalue weighted by molar-refractivity contribution is 5.94. The van der Waals surface area contributed by atoms with E-state index in [0.717, 1.165) is 0 Å². The number of carbonyl (C=O) groups excluding carboxylic acids is 1. The molecule has 0 aliphatic heterocycles. The molecule has 0 aliphatic rings. The lowest BCUT2D eigenvalue weighted by Gasteiger charge is -2.06. The van der Waals surface area contributed by atoms with Crippen LogP contribution in [0.5, 0.6) is 5.75 Å². The van der Waals surface area contributed by atoms with E-state index in [2.05, 4.69) is 20.1 Å². The molecule has 1 N–H and O–H groups in total. The summed E-state index contributed by atoms with van der Waals surface area (Å²) in [5.74, 6) is -0.289. The molecule has 108 valence electrons. The van der Waals surface area contributed by atoms with Crippen molar-refractivity contribution in [3.63, 3.8) is 0 Å². The minimum atomic E-state index is -2.88. The van der Waals surface area contributed by atoms with Gasteiger partial charge in [-0.3, -0.25) is 4.79 Å². The van der Waals surface area contributed by atoms with Gasteiger partial charge in [0.1, 0.15) is 5.75 Å². The third kappa shape index (κ3) is 6.01. The Hall–Kier alpha value is -2.34. The number of ether oxygens (including phenoxy) is 1. The predicted octanol–water partition coefficient (Wildman–Crippen LogP) is 3.11. The minimum Gasteiger partial charge on any atom is -0.435 e. The van der Waals surface area contributed by atoms with Crippen molar-refractivity contribution >= 4 is 5.91 Å². The highest BCUT2D eigenvalue weighted by Crippen LogP contribution is 2.14. The topological polar surface area (TPSA) is 87.1 Å². The van der Waals surface area contributed by atoms with Crippen LogP contribution in [0.15, 0.2) is 29.4 Å². The standard InChI is InChI=1S/C12H14F2N4O2/c13-12(14)20-10-5-3-9(4-6-10)11(19)16-7-1-2-8-17-18-15/h3-6,12H,1-2,7-8H2,(H,16,19). The van der Waals surface area contributed by atoms with Crippen LogP contribution in [0.4, 0.5) is 8.78 Å². The number of azide groups is 1. The molecule has 0 aromatic heterocycles. The maximum atomic E-state index is 11.9. The molecule has 6 nitrogen and oxygen atoms in total. The van der Waals surface area contributed by atoms with Crippen molar-refractivity contribution in [3.8, 4) is 5.75 Å². The van der Waals surface area contributed by atoms with Crippen LogP contribution in [0.1, 0.15) is 23.2 Å². The van der Waals surface area contributed by atoms with E-state index in [-0.39, 0.29) is 11.7 Å². The van der Waals surface area contributed by atoms with Gasteiger partial charge in [0.2, 0.25) is 0 Å². The maximum absolute atomic E-state index is 11.9. The molecule has 1 rings (SSSR count). The van der Waals surface area contributed by atoms with Gasteiger partial charge in [0.15, 0.2) is 0 Å². The van der Waals surface area contributed by atoms with E-state index in [1.165, 1.54) is 24.3 Å². The maximum Gasteiger partial charge on any atom is 0.387 e. The quantitative estimate of drug-likeness (QED) is 0.344. The van der Waals surface area contributed by atoms with Crippen LogP contribution in [0, 0.1) is 0 Å². The molecule has 0 heterocycles. The highest BCUT2D eigenvalue weighted by atomic mass is 19.3. The van der Waals surface area contributed by atoms with Gasteiger partial charge in [-0.15, -0.1) is 0 Å². The summed E-state index contributed by atoms with van der Waals surface area (Å²) < 4.78 is 28.1. The van der Waals surface area contributed by atoms with Crippen molar-refractivity contribution in [2.75, 3.05) is 13.1 Å². The molecule has 0 bridgehead atoms. The number of benzene rings is 1. The van der Waals surface area contributed by atoms with Crippen molar-refractivity contribution in [2.24, 2.45) is 5.11 Å². The van der Waals surface area contributed by atoms with Gasteiger partial charge in [0.05, 0.1) is 0 Å². The average molecular weight is 284 g/mol. The average Bonchev–Trinajstić information content (AvgIpc) is 2.42. The smallest absolute Gasteiger partial charge is 0.387 e. The van der Waals surface area contributed by atoms with Crippen LogP contribution in [0.25, 0.3) is 10.4 Å². The number of alkyl halides is 2. The summed E-state index contributed by atoms with van der Waals surface area (Å²) in [6.07, 6.45) is 1.38. The van der Waals surface area contributed by atoms with Gasteiger partial charge >= 0.3 is 6.61 Å². The number of hydrogen-bond donors (Lipinski definition) is 1. The summed E-state index contributed by atoms with van der Waals surface area (Å²) in [6, 6.07) is 5.44. The fourth-order valence-corrected chi connectivity index (χ4v) is 1.44. The zero-order chi connectivity index (χ0) is 14.8. The Kier molecular flexibility index (Phi) is 6.84. The van der Waals surface area contributed by atoms with Crippen molar-refractivity contribution < 1.29 is 18.3 Å². The first-order valence-electron chi connectivity index (χ1n) is 5.97. The molecule has 1 aromatic rings. The van der Waals surface area contributed by atoms with Gasteiger partial charge in [-0.05, 0) is 42.6 Å². The van der Waals surface area contributed by atoms with E-state index in [4.69, 9.17) is 5.53 Å². The monoisotopic (exact) mass is 284 g/mol. The van der Waals surface area contributed by atoms with E-state index < -0.39 is 6.61 Å². The molecule has 1 amide bonds. The number of halogens is 2. The Morgan fingerprint density at radius 2 is 2.05 bits per heavy atom. The second-order valence-corrected chi connectivity index (χ2v) is 3.82. The minimum absolute atomic E-state index is 0.00548. The molecule has 0 spiro atoms. The predicted molar refractivity (Wildman–Crippen MR) is 68.7 cm³/mol. The Labute approximate surface area is 114 Å². The number of nitrogens with zero attached hydrogens (tertiary/aromatic N) is 3. The second-order valence-electron chi connectivity index (χ2n) is 3.82. The van der Waals surface area contributed by atoms with Crippen molar-refractivity contribution in [1.82, 2.24) is 5.32 Å². The van der Waals surface area contributed by atoms with Gasteiger partial charge in [-0.2, -0.15) is 8.78 Å². The molecule has 8 heteroatoms. The van der Waals surface area contributed by atoms with Crippen molar-refractivity contribution in [3.05, 3.63) is 40.3 Å². The molecule has 0 saturated carbocycles. The van der Waals surface area contributed by atoms with Crippen LogP contribution in [-0.2, 0) is 0 Å². The Morgan fingerprint density at radius 1 is 1.35 bits per heavy atom. The molecule has 0 radical (unpaired) electrons. The molecule has 20 heavy (non-hydrogen) atoms. The normalized spacial score (nSPS) is 9.95. The summed E-state index contributed by atoms with van der Waals surface area (Å²) in [4.78, 5) is 14.3. The summed E-state index contributed by atoms with van der Waals surface area (Å²) in [5, 5.41) is 6.05. The van der Waals surface area contributed by atoms with Crippen molar-refractivity contribution in [1.29, 1.82) is 0 Å². The van der Waals surface area contributed by atoms with Crippen LogP contribution in [-0.4, -0.2) is 25.6 Å². The third-order valence-corrected chi connectivity index (χ3v) is 2.38. The number of nitrogens with one attached hydrogen (secondary N) is 1. The fraction of sp³-hybridized carbons (Fsp3) is 0.417. The number of unbranched alkanes of at least 4 members (excludes halogenated alkanes) is 1. The van der Waals surface area contributed by atoms with Crippen LogP contribution in [0.3, 0.4) is 0 Å². The Morgan fingerprint density at radius 3 is 2.65 bits per heavy atom. The summed E-state index contributed by atoms with van der Waals surface area (Å²) >= 11 is 0. The summed E-state index contributed by atoms with van der Waals surface area (Å²) in [7, 11) is 0.